The van der Waals surface area contributed by atoms with Crippen LogP contribution in [0, 0.1) is 5.92 Å². The van der Waals surface area contributed by atoms with Gasteiger partial charge in [0.15, 0.2) is 0 Å². The predicted molar refractivity (Wildman–Crippen MR) is 100 cm³/mol. The van der Waals surface area contributed by atoms with Crippen LogP contribution in [0.3, 0.4) is 0 Å². The number of ether oxygens (including phenoxy) is 2. The van der Waals surface area contributed by atoms with Gasteiger partial charge in [0, 0.05) is 6.04 Å². The Morgan fingerprint density at radius 2 is 1.76 bits per heavy atom. The molecule has 2 bridgehead atoms. The molecule has 3 fully saturated rings. The van der Waals surface area contributed by atoms with E-state index in [1.54, 1.807) is 14.2 Å². The molecule has 0 saturated carbocycles. The zero-order chi connectivity index (χ0) is 17.2. The quantitative estimate of drug-likeness (QED) is 0.895. The largest absolute Gasteiger partial charge is 0.497 e. The van der Waals surface area contributed by atoms with Crippen molar-refractivity contribution >= 4 is 5.69 Å². The highest BCUT2D eigenvalue weighted by molar-refractivity contribution is 5.57. The molecule has 2 aromatic rings. The lowest BCUT2D eigenvalue weighted by Crippen LogP contribution is -2.55. The molecule has 3 aliphatic rings. The Kier molecular flexibility index (Phi) is 4.53. The van der Waals surface area contributed by atoms with Crippen molar-refractivity contribution in [3.05, 3.63) is 54.1 Å². The second kappa shape index (κ2) is 6.96. The van der Waals surface area contributed by atoms with Gasteiger partial charge in [-0.25, -0.2) is 0 Å². The first kappa shape index (κ1) is 16.3. The molecule has 0 aliphatic carbocycles. The lowest BCUT2D eigenvalue weighted by Gasteiger charge is -2.51. The maximum atomic E-state index is 5.55. The lowest BCUT2D eigenvalue weighted by atomic mass is 9.76. The first-order valence-corrected chi connectivity index (χ1v) is 9.07. The molecule has 1 N–H and O–H groups in total. The first-order chi connectivity index (χ1) is 12.3. The van der Waals surface area contributed by atoms with Crippen LogP contribution >= 0.6 is 0 Å². The van der Waals surface area contributed by atoms with E-state index in [0.29, 0.717) is 18.0 Å². The van der Waals surface area contributed by atoms with Crippen molar-refractivity contribution < 1.29 is 9.47 Å². The third-order valence-corrected chi connectivity index (χ3v) is 5.68. The van der Waals surface area contributed by atoms with Gasteiger partial charge in [-0.15, -0.1) is 0 Å². The van der Waals surface area contributed by atoms with Gasteiger partial charge in [0.25, 0.3) is 0 Å². The average Bonchev–Trinajstić information content (AvgIpc) is 2.69. The Morgan fingerprint density at radius 3 is 2.52 bits per heavy atom. The molecule has 0 radical (unpaired) electrons. The number of hydrogen-bond acceptors (Lipinski definition) is 4. The average molecular weight is 338 g/mol. The van der Waals surface area contributed by atoms with Crippen molar-refractivity contribution in [1.82, 2.24) is 4.90 Å². The maximum Gasteiger partial charge on any atom is 0.141 e. The van der Waals surface area contributed by atoms with Crippen LogP contribution in [0.1, 0.15) is 24.4 Å². The first-order valence-electron chi connectivity index (χ1n) is 9.07. The van der Waals surface area contributed by atoms with Crippen molar-refractivity contribution in [1.29, 1.82) is 0 Å². The fourth-order valence-corrected chi connectivity index (χ4v) is 4.43. The second-order valence-electron chi connectivity index (χ2n) is 6.97. The molecule has 132 valence electrons. The molecule has 3 aliphatic heterocycles. The van der Waals surface area contributed by atoms with Gasteiger partial charge < -0.3 is 14.8 Å². The molecule has 2 unspecified atom stereocenters. The summed E-state index contributed by atoms with van der Waals surface area (Å²) in [6.07, 6.45) is 2.51. The van der Waals surface area contributed by atoms with Gasteiger partial charge in [-0.1, -0.05) is 24.3 Å². The number of nitrogens with zero attached hydrogens (tertiary/aromatic N) is 1. The van der Waals surface area contributed by atoms with Crippen LogP contribution in [0.15, 0.2) is 48.5 Å². The van der Waals surface area contributed by atoms with Crippen LogP contribution in [0.5, 0.6) is 11.5 Å². The van der Waals surface area contributed by atoms with E-state index < -0.39 is 0 Å². The third-order valence-electron chi connectivity index (χ3n) is 5.68. The molecular formula is C21H26N2O2. The predicted octanol–water partition coefficient (Wildman–Crippen LogP) is 3.95. The SMILES string of the molecule is COc1cccc(C2C(Nc3ccccc3OC)C3CCN2CC3)c1. The number of anilines is 1. The van der Waals surface area contributed by atoms with Crippen LogP contribution in [0.4, 0.5) is 5.69 Å². The van der Waals surface area contributed by atoms with Gasteiger partial charge in [-0.3, -0.25) is 4.90 Å². The van der Waals surface area contributed by atoms with Crippen molar-refractivity contribution in [3.63, 3.8) is 0 Å². The Morgan fingerprint density at radius 1 is 0.960 bits per heavy atom. The number of hydrogen-bond donors (Lipinski definition) is 1. The molecule has 4 nitrogen and oxygen atoms in total. The molecule has 3 saturated heterocycles. The van der Waals surface area contributed by atoms with Crippen LogP contribution in [-0.4, -0.2) is 38.3 Å². The Hall–Kier alpha value is -2.20. The van der Waals surface area contributed by atoms with Gasteiger partial charge in [0.2, 0.25) is 0 Å². The minimum atomic E-state index is 0.368. The highest BCUT2D eigenvalue weighted by Crippen LogP contribution is 2.43. The number of benzene rings is 2. The number of para-hydroxylation sites is 2. The third kappa shape index (κ3) is 3.07. The summed E-state index contributed by atoms with van der Waals surface area (Å²) in [7, 11) is 3.47. The Bertz CT molecular complexity index is 725. The van der Waals surface area contributed by atoms with Crippen LogP contribution in [0.25, 0.3) is 0 Å². The number of methoxy groups -OCH3 is 2. The monoisotopic (exact) mass is 338 g/mol. The summed E-state index contributed by atoms with van der Waals surface area (Å²) in [4.78, 5) is 2.61. The molecule has 4 heteroatoms. The van der Waals surface area contributed by atoms with Gasteiger partial charge >= 0.3 is 0 Å². The van der Waals surface area contributed by atoms with E-state index in [9.17, 15) is 0 Å². The highest BCUT2D eigenvalue weighted by Gasteiger charge is 2.43. The van der Waals surface area contributed by atoms with E-state index >= 15 is 0 Å². The molecule has 0 spiro atoms. The minimum Gasteiger partial charge on any atom is -0.497 e. The van der Waals surface area contributed by atoms with Crippen LogP contribution in [0.2, 0.25) is 0 Å². The van der Waals surface area contributed by atoms with E-state index in [-0.39, 0.29) is 0 Å². The van der Waals surface area contributed by atoms with E-state index in [1.165, 1.54) is 31.5 Å². The molecule has 2 atom stereocenters. The highest BCUT2D eigenvalue weighted by atomic mass is 16.5. The van der Waals surface area contributed by atoms with Gasteiger partial charge in [-0.05, 0) is 61.7 Å². The molecule has 3 heterocycles. The zero-order valence-corrected chi connectivity index (χ0v) is 14.9. The van der Waals surface area contributed by atoms with Crippen LogP contribution < -0.4 is 14.8 Å². The summed E-state index contributed by atoms with van der Waals surface area (Å²) >= 11 is 0. The summed E-state index contributed by atoms with van der Waals surface area (Å²) in [6.45, 7) is 2.35. The lowest BCUT2D eigenvalue weighted by molar-refractivity contribution is 0.0353. The molecule has 2 aromatic carbocycles. The second-order valence-corrected chi connectivity index (χ2v) is 6.97. The minimum absolute atomic E-state index is 0.368. The summed E-state index contributed by atoms with van der Waals surface area (Å²) in [5.74, 6) is 2.52. The number of fused-ring (bicyclic) bond motifs is 3. The number of rotatable bonds is 5. The number of nitrogens with one attached hydrogen (secondary N) is 1. The standard InChI is InChI=1S/C21H26N2O2/c1-24-17-7-5-6-16(14-17)21-20(15-10-12-23(21)13-11-15)22-18-8-3-4-9-19(18)25-2/h3-9,14-15,20-22H,10-13H2,1-2H3. The maximum absolute atomic E-state index is 5.55. The zero-order valence-electron chi connectivity index (χ0n) is 14.9. The van der Waals surface area contributed by atoms with E-state index in [4.69, 9.17) is 9.47 Å². The fraction of sp³-hybridized carbons (Fsp3) is 0.429. The Labute approximate surface area is 149 Å². The molecule has 0 aromatic heterocycles. The van der Waals surface area contributed by atoms with Crippen molar-refractivity contribution in [2.75, 3.05) is 32.6 Å². The van der Waals surface area contributed by atoms with E-state index in [0.717, 1.165) is 17.2 Å². The molecule has 25 heavy (non-hydrogen) atoms. The van der Waals surface area contributed by atoms with Crippen molar-refractivity contribution in [3.8, 4) is 11.5 Å². The molecule has 0 amide bonds. The summed E-state index contributed by atoms with van der Waals surface area (Å²) in [6, 6.07) is 17.5. The summed E-state index contributed by atoms with van der Waals surface area (Å²) in [5, 5.41) is 3.81. The summed E-state index contributed by atoms with van der Waals surface area (Å²) < 4.78 is 11.0. The number of piperidine rings is 3. The van der Waals surface area contributed by atoms with Crippen molar-refractivity contribution in [2.24, 2.45) is 5.92 Å². The fourth-order valence-electron chi connectivity index (χ4n) is 4.43. The van der Waals surface area contributed by atoms with Gasteiger partial charge in [0.05, 0.1) is 25.9 Å². The van der Waals surface area contributed by atoms with Gasteiger partial charge in [0.1, 0.15) is 11.5 Å². The van der Waals surface area contributed by atoms with Crippen LogP contribution in [-0.2, 0) is 0 Å². The summed E-state index contributed by atoms with van der Waals surface area (Å²) in [5.41, 5.74) is 2.41. The van der Waals surface area contributed by atoms with E-state index in [2.05, 4.69) is 40.5 Å². The van der Waals surface area contributed by atoms with Crippen molar-refractivity contribution in [2.45, 2.75) is 24.9 Å². The van der Waals surface area contributed by atoms with E-state index in [1.807, 2.05) is 18.2 Å². The molecular weight excluding hydrogens is 312 g/mol. The topological polar surface area (TPSA) is 33.7 Å². The smallest absolute Gasteiger partial charge is 0.141 e. The normalized spacial score (nSPS) is 27.8. The molecule has 5 rings (SSSR count). The Balaban J connectivity index is 1.68. The van der Waals surface area contributed by atoms with Gasteiger partial charge in [-0.2, -0.15) is 0 Å².